The van der Waals surface area contributed by atoms with E-state index in [-0.39, 0.29) is 0 Å². The highest BCUT2D eigenvalue weighted by molar-refractivity contribution is 6.25. The van der Waals surface area contributed by atoms with Crippen LogP contribution in [0.1, 0.15) is 37.8 Å². The number of hydrogen-bond donors (Lipinski definition) is 2. The van der Waals surface area contributed by atoms with Crippen LogP contribution in [0.3, 0.4) is 0 Å². The molecule has 152 valence electrons. The molecule has 6 nitrogen and oxygen atoms in total. The van der Waals surface area contributed by atoms with E-state index in [1.807, 2.05) is 55.5 Å². The van der Waals surface area contributed by atoms with E-state index in [0.29, 0.717) is 24.2 Å². The van der Waals surface area contributed by atoms with Crippen LogP contribution in [0, 0.1) is 5.92 Å². The Kier molecular flexibility index (Phi) is 5.96. The highest BCUT2D eigenvalue weighted by Crippen LogP contribution is 2.31. The molecule has 1 amide bonds. The molecule has 2 aromatic carbocycles. The summed E-state index contributed by atoms with van der Waals surface area (Å²) in [7, 11) is 1.59. The molecule has 1 heterocycles. The lowest BCUT2D eigenvalue weighted by Crippen LogP contribution is -2.61. The van der Waals surface area contributed by atoms with Crippen LogP contribution in [0.2, 0.25) is 0 Å². The first-order chi connectivity index (χ1) is 13.8. The number of nitrogens with two attached hydrogens (primary N) is 1. The molecule has 2 aromatic rings. The number of likely N-dealkylation sites (N-methyl/N-ethyl adjacent to an activating group) is 1. The van der Waals surface area contributed by atoms with Gasteiger partial charge in [-0.3, -0.25) is 15.3 Å². The standard InChI is InChI=1S/C23H27N3O3/c1-4-10-19(27)15(2)21(28)23(24)22(29)26(3)18-14-9-8-13-17(18)20(25-23)16-11-6-5-7-12-16/h5-9,11-15,19,27H,4,10,24H2,1-3H3/t15-,19+,23?/m1/s1. The zero-order valence-corrected chi connectivity index (χ0v) is 17.0. The predicted octanol–water partition coefficient (Wildman–Crippen LogP) is 2.52. The van der Waals surface area contributed by atoms with Crippen LogP contribution < -0.4 is 10.6 Å². The molecule has 0 bridgehead atoms. The maximum atomic E-state index is 13.3. The Bertz CT molecular complexity index is 941. The Morgan fingerprint density at radius 3 is 2.45 bits per heavy atom. The minimum atomic E-state index is -2.12. The number of benzodiazepines with no additional fused rings is 1. The number of aliphatic imine (C=N–C) groups is 1. The highest BCUT2D eigenvalue weighted by atomic mass is 16.3. The Balaban J connectivity index is 2.20. The van der Waals surface area contributed by atoms with Crippen molar-refractivity contribution in [2.75, 3.05) is 11.9 Å². The average molecular weight is 393 g/mol. The molecule has 1 aliphatic rings. The fraction of sp³-hybridized carbons (Fsp3) is 0.348. The molecule has 0 radical (unpaired) electrons. The maximum Gasteiger partial charge on any atom is 0.277 e. The van der Waals surface area contributed by atoms with Crippen molar-refractivity contribution in [2.24, 2.45) is 16.6 Å². The van der Waals surface area contributed by atoms with Gasteiger partial charge in [-0.15, -0.1) is 0 Å². The molecule has 3 rings (SSSR count). The van der Waals surface area contributed by atoms with Gasteiger partial charge in [0.15, 0.2) is 5.78 Å². The lowest BCUT2D eigenvalue weighted by atomic mass is 9.88. The first kappa shape index (κ1) is 20.9. The summed E-state index contributed by atoms with van der Waals surface area (Å²) in [6, 6.07) is 16.7. The van der Waals surface area contributed by atoms with Gasteiger partial charge < -0.3 is 10.0 Å². The summed E-state index contributed by atoms with van der Waals surface area (Å²) in [5.74, 6) is -2.02. The number of Topliss-reactive ketones (excluding diaryl/α,β-unsaturated/α-hetero) is 1. The molecule has 0 aromatic heterocycles. The molecule has 3 N–H and O–H groups in total. The summed E-state index contributed by atoms with van der Waals surface area (Å²) < 4.78 is 0. The van der Waals surface area contributed by atoms with Gasteiger partial charge in [0.25, 0.3) is 5.91 Å². The van der Waals surface area contributed by atoms with E-state index >= 15 is 0 Å². The molecule has 0 saturated heterocycles. The van der Waals surface area contributed by atoms with Crippen molar-refractivity contribution in [1.82, 2.24) is 0 Å². The maximum absolute atomic E-state index is 13.3. The van der Waals surface area contributed by atoms with E-state index in [4.69, 9.17) is 5.73 Å². The lowest BCUT2D eigenvalue weighted by molar-refractivity contribution is -0.138. The van der Waals surface area contributed by atoms with Crippen molar-refractivity contribution in [3.05, 3.63) is 65.7 Å². The number of hydrogen-bond acceptors (Lipinski definition) is 5. The third-order valence-corrected chi connectivity index (χ3v) is 5.44. The number of carbonyl (C=O) groups excluding carboxylic acids is 2. The molecule has 1 unspecified atom stereocenters. The van der Waals surface area contributed by atoms with Crippen molar-refractivity contribution in [1.29, 1.82) is 0 Å². The Morgan fingerprint density at radius 2 is 1.79 bits per heavy atom. The van der Waals surface area contributed by atoms with E-state index in [1.54, 1.807) is 20.0 Å². The summed E-state index contributed by atoms with van der Waals surface area (Å²) in [4.78, 5) is 32.6. The number of para-hydroxylation sites is 1. The zero-order valence-electron chi connectivity index (χ0n) is 17.0. The Hall–Kier alpha value is -2.83. The largest absolute Gasteiger partial charge is 0.392 e. The van der Waals surface area contributed by atoms with Gasteiger partial charge in [0, 0.05) is 24.1 Å². The quantitative estimate of drug-likeness (QED) is 0.737. The average Bonchev–Trinajstić information content (AvgIpc) is 2.83. The molecule has 0 saturated carbocycles. The van der Waals surface area contributed by atoms with Crippen LogP contribution in [0.5, 0.6) is 0 Å². The molecular weight excluding hydrogens is 366 g/mol. The van der Waals surface area contributed by atoms with Crippen molar-refractivity contribution in [2.45, 2.75) is 38.5 Å². The number of ketones is 1. The fourth-order valence-corrected chi connectivity index (χ4v) is 3.66. The number of anilines is 1. The van der Waals surface area contributed by atoms with Gasteiger partial charge in [-0.25, -0.2) is 4.99 Å². The number of rotatable bonds is 6. The minimum absolute atomic E-state index is 0.447. The molecule has 0 spiro atoms. The molecular formula is C23H27N3O3. The number of aliphatic hydroxyl groups is 1. The number of carbonyl (C=O) groups is 2. The van der Waals surface area contributed by atoms with Gasteiger partial charge in [0.1, 0.15) is 0 Å². The molecule has 3 atom stereocenters. The van der Waals surface area contributed by atoms with Crippen LogP contribution in [0.25, 0.3) is 0 Å². The summed E-state index contributed by atoms with van der Waals surface area (Å²) in [5, 5.41) is 10.4. The lowest BCUT2D eigenvalue weighted by Gasteiger charge is -2.30. The van der Waals surface area contributed by atoms with Crippen LogP contribution >= 0.6 is 0 Å². The molecule has 29 heavy (non-hydrogen) atoms. The zero-order chi connectivity index (χ0) is 21.2. The second-order valence-corrected chi connectivity index (χ2v) is 7.48. The topological polar surface area (TPSA) is 96.0 Å². The van der Waals surface area contributed by atoms with Gasteiger partial charge >= 0.3 is 0 Å². The van der Waals surface area contributed by atoms with Crippen LogP contribution in [-0.4, -0.2) is 41.3 Å². The van der Waals surface area contributed by atoms with E-state index in [0.717, 1.165) is 11.1 Å². The van der Waals surface area contributed by atoms with Crippen LogP contribution in [-0.2, 0) is 9.59 Å². The van der Waals surface area contributed by atoms with E-state index in [1.165, 1.54) is 4.90 Å². The van der Waals surface area contributed by atoms with Gasteiger partial charge in [0.05, 0.1) is 17.5 Å². The Labute approximate surface area is 171 Å². The third-order valence-electron chi connectivity index (χ3n) is 5.44. The van der Waals surface area contributed by atoms with Crippen molar-refractivity contribution in [3.8, 4) is 0 Å². The van der Waals surface area contributed by atoms with Gasteiger partial charge in [0.2, 0.25) is 5.66 Å². The molecule has 6 heteroatoms. The minimum Gasteiger partial charge on any atom is -0.392 e. The number of amides is 1. The second-order valence-electron chi connectivity index (χ2n) is 7.48. The smallest absolute Gasteiger partial charge is 0.277 e. The van der Waals surface area contributed by atoms with Crippen LogP contribution in [0.15, 0.2) is 59.6 Å². The van der Waals surface area contributed by atoms with Crippen LogP contribution in [0.4, 0.5) is 5.69 Å². The number of benzene rings is 2. The Morgan fingerprint density at radius 1 is 1.17 bits per heavy atom. The van der Waals surface area contributed by atoms with Gasteiger partial charge in [-0.1, -0.05) is 68.8 Å². The molecule has 0 aliphatic carbocycles. The number of fused-ring (bicyclic) bond motifs is 1. The molecule has 1 aliphatic heterocycles. The van der Waals surface area contributed by atoms with E-state index in [9.17, 15) is 14.7 Å². The van der Waals surface area contributed by atoms with Crippen molar-refractivity contribution >= 4 is 23.1 Å². The summed E-state index contributed by atoms with van der Waals surface area (Å²) in [6.45, 7) is 3.52. The highest BCUT2D eigenvalue weighted by Gasteiger charge is 2.49. The molecule has 0 fully saturated rings. The predicted molar refractivity (Wildman–Crippen MR) is 114 cm³/mol. The first-order valence-electron chi connectivity index (χ1n) is 9.85. The summed E-state index contributed by atoms with van der Waals surface area (Å²) >= 11 is 0. The summed E-state index contributed by atoms with van der Waals surface area (Å²) in [6.07, 6.45) is 0.281. The third kappa shape index (κ3) is 3.73. The summed E-state index contributed by atoms with van der Waals surface area (Å²) in [5.41, 5.74) is 6.90. The fourth-order valence-electron chi connectivity index (χ4n) is 3.66. The van der Waals surface area contributed by atoms with Crippen molar-refractivity contribution < 1.29 is 14.7 Å². The van der Waals surface area contributed by atoms with Gasteiger partial charge in [-0.2, -0.15) is 0 Å². The number of nitrogens with zero attached hydrogens (tertiary/aromatic N) is 2. The van der Waals surface area contributed by atoms with Crippen molar-refractivity contribution in [3.63, 3.8) is 0 Å². The first-order valence-corrected chi connectivity index (χ1v) is 9.85. The van der Waals surface area contributed by atoms with E-state index < -0.39 is 29.4 Å². The second kappa shape index (κ2) is 8.27. The number of aliphatic hydroxyl groups excluding tert-OH is 1. The van der Waals surface area contributed by atoms with Gasteiger partial charge in [-0.05, 0) is 12.5 Å². The normalized spacial score (nSPS) is 21.1. The monoisotopic (exact) mass is 393 g/mol. The van der Waals surface area contributed by atoms with E-state index in [2.05, 4.69) is 4.99 Å². The SMILES string of the molecule is CCC[C@H](O)[C@@H](C)C(=O)C1(N)N=C(c2ccccc2)c2ccccc2N(C)C1=O.